The largest absolute Gasteiger partial charge is 0.335 e. The molecule has 0 radical (unpaired) electrons. The van der Waals surface area contributed by atoms with Crippen molar-refractivity contribution < 1.29 is 12.8 Å². The van der Waals surface area contributed by atoms with E-state index in [-0.39, 0.29) is 32.5 Å². The molecule has 1 heterocycles. The van der Waals surface area contributed by atoms with Gasteiger partial charge in [0.05, 0.1) is 22.5 Å². The van der Waals surface area contributed by atoms with E-state index >= 15 is 0 Å². The number of nitrogens with zero attached hydrogens (tertiary/aromatic N) is 2. The molecule has 118 valence electrons. The zero-order valence-corrected chi connectivity index (χ0v) is 13.8. The zero-order chi connectivity index (χ0) is 16.3. The van der Waals surface area contributed by atoms with Crippen molar-refractivity contribution in [1.82, 2.24) is 9.97 Å². The molecule has 0 atom stereocenters. The van der Waals surface area contributed by atoms with E-state index in [2.05, 4.69) is 15.3 Å². The highest BCUT2D eigenvalue weighted by atomic mass is 35.5. The monoisotopic (exact) mass is 363 g/mol. The molecule has 0 fully saturated rings. The number of nitrogens with one attached hydrogen (secondary N) is 1. The lowest BCUT2D eigenvalue weighted by atomic mass is 10.3. The van der Waals surface area contributed by atoms with Crippen LogP contribution in [0.25, 0.3) is 0 Å². The summed E-state index contributed by atoms with van der Waals surface area (Å²) in [5.41, 5.74) is -0.215. The molecule has 2 rings (SSSR count). The molecular weight excluding hydrogens is 352 g/mol. The number of hydrogen-bond donors (Lipinski definition) is 1. The Bertz CT molecular complexity index is 800. The van der Waals surface area contributed by atoms with Crippen LogP contribution in [-0.4, -0.2) is 24.1 Å². The fourth-order valence-electron chi connectivity index (χ4n) is 1.82. The van der Waals surface area contributed by atoms with Gasteiger partial charge in [-0.25, -0.2) is 17.8 Å². The second kappa shape index (κ2) is 6.76. The molecule has 0 saturated heterocycles. The molecule has 0 saturated carbocycles. The van der Waals surface area contributed by atoms with Crippen LogP contribution in [0.3, 0.4) is 0 Å². The Morgan fingerprint density at radius 3 is 2.73 bits per heavy atom. The standard InChI is InChI=1S/C13H12Cl2FN3O2S/c1-2-6-22(20,21)10-5-3-4-9(16)11(10)18-12-8(14)7-17-13(15)19-12/h3-5,7H,2,6H2,1H3,(H,17,18,19). The summed E-state index contributed by atoms with van der Waals surface area (Å²) in [5.74, 6) is -0.800. The van der Waals surface area contributed by atoms with Gasteiger partial charge in [0.1, 0.15) is 10.8 Å². The van der Waals surface area contributed by atoms with Crippen LogP contribution in [0.4, 0.5) is 15.9 Å². The van der Waals surface area contributed by atoms with Gasteiger partial charge in [-0.3, -0.25) is 0 Å². The molecule has 22 heavy (non-hydrogen) atoms. The minimum absolute atomic E-state index is 0.0275. The lowest BCUT2D eigenvalue weighted by molar-refractivity contribution is 0.591. The Kier molecular flexibility index (Phi) is 5.20. The van der Waals surface area contributed by atoms with Gasteiger partial charge in [-0.15, -0.1) is 0 Å². The quantitative estimate of drug-likeness (QED) is 0.816. The first-order valence-electron chi connectivity index (χ1n) is 6.31. The molecule has 0 aliphatic heterocycles. The van der Waals surface area contributed by atoms with Crippen molar-refractivity contribution in [2.24, 2.45) is 0 Å². The molecule has 0 aliphatic carbocycles. The van der Waals surface area contributed by atoms with Crippen molar-refractivity contribution >= 4 is 44.5 Å². The van der Waals surface area contributed by atoms with Crippen molar-refractivity contribution in [1.29, 1.82) is 0 Å². The number of rotatable bonds is 5. The molecule has 1 aromatic heterocycles. The third kappa shape index (κ3) is 3.66. The first kappa shape index (κ1) is 16.9. The average Bonchev–Trinajstić information content (AvgIpc) is 2.44. The summed E-state index contributed by atoms with van der Waals surface area (Å²) in [4.78, 5) is 7.35. The summed E-state index contributed by atoms with van der Waals surface area (Å²) in [6.45, 7) is 1.73. The summed E-state index contributed by atoms with van der Waals surface area (Å²) in [5, 5.41) is 2.59. The number of benzene rings is 1. The molecule has 9 heteroatoms. The lowest BCUT2D eigenvalue weighted by Crippen LogP contribution is -2.10. The molecule has 0 bridgehead atoms. The van der Waals surface area contributed by atoms with E-state index in [0.29, 0.717) is 6.42 Å². The number of aromatic nitrogens is 2. The van der Waals surface area contributed by atoms with Gasteiger partial charge in [-0.05, 0) is 30.2 Å². The Balaban J connectivity index is 2.54. The van der Waals surface area contributed by atoms with E-state index < -0.39 is 15.7 Å². The van der Waals surface area contributed by atoms with Crippen LogP contribution in [0.2, 0.25) is 10.3 Å². The van der Waals surface area contributed by atoms with Gasteiger partial charge >= 0.3 is 0 Å². The molecular formula is C13H12Cl2FN3O2S. The summed E-state index contributed by atoms with van der Waals surface area (Å²) >= 11 is 11.6. The predicted octanol–water partition coefficient (Wildman–Crippen LogP) is 3.85. The van der Waals surface area contributed by atoms with Gasteiger partial charge < -0.3 is 5.32 Å². The lowest BCUT2D eigenvalue weighted by Gasteiger charge is -2.13. The first-order chi connectivity index (χ1) is 10.3. The maximum Gasteiger partial charge on any atom is 0.224 e. The van der Waals surface area contributed by atoms with E-state index in [1.165, 1.54) is 18.3 Å². The van der Waals surface area contributed by atoms with Crippen LogP contribution in [0.1, 0.15) is 13.3 Å². The van der Waals surface area contributed by atoms with Crippen LogP contribution >= 0.6 is 23.2 Å². The third-order valence-corrected chi connectivity index (χ3v) is 5.16. The second-order valence-corrected chi connectivity index (χ2v) is 7.22. The first-order valence-corrected chi connectivity index (χ1v) is 8.72. The van der Waals surface area contributed by atoms with Crippen molar-refractivity contribution in [2.75, 3.05) is 11.1 Å². The second-order valence-electron chi connectivity index (χ2n) is 4.39. The summed E-state index contributed by atoms with van der Waals surface area (Å²) < 4.78 is 38.6. The van der Waals surface area contributed by atoms with Crippen LogP contribution in [0, 0.1) is 5.82 Å². The van der Waals surface area contributed by atoms with E-state index in [9.17, 15) is 12.8 Å². The zero-order valence-electron chi connectivity index (χ0n) is 11.5. The summed E-state index contributed by atoms with van der Waals surface area (Å²) in [6.07, 6.45) is 1.65. The topological polar surface area (TPSA) is 72.0 Å². The minimum atomic E-state index is -3.63. The van der Waals surface area contributed by atoms with Crippen LogP contribution < -0.4 is 5.32 Å². The van der Waals surface area contributed by atoms with Crippen molar-refractivity contribution in [2.45, 2.75) is 18.2 Å². The number of halogens is 3. The number of anilines is 2. The van der Waals surface area contributed by atoms with Gasteiger partial charge in [0.25, 0.3) is 0 Å². The smallest absolute Gasteiger partial charge is 0.224 e. The van der Waals surface area contributed by atoms with Crippen LogP contribution in [0.15, 0.2) is 29.3 Å². The maximum atomic E-state index is 14.1. The van der Waals surface area contributed by atoms with Gasteiger partial charge in [-0.1, -0.05) is 24.6 Å². The molecule has 1 aromatic carbocycles. The highest BCUT2D eigenvalue weighted by Gasteiger charge is 2.21. The van der Waals surface area contributed by atoms with E-state index in [0.717, 1.165) is 6.07 Å². The number of sulfone groups is 1. The average molecular weight is 364 g/mol. The maximum absolute atomic E-state index is 14.1. The van der Waals surface area contributed by atoms with E-state index in [4.69, 9.17) is 23.2 Å². The number of hydrogen-bond acceptors (Lipinski definition) is 5. The highest BCUT2D eigenvalue weighted by Crippen LogP contribution is 2.31. The highest BCUT2D eigenvalue weighted by molar-refractivity contribution is 7.91. The molecule has 1 N–H and O–H groups in total. The Labute approximate surface area is 137 Å². The van der Waals surface area contributed by atoms with Crippen LogP contribution in [-0.2, 0) is 9.84 Å². The molecule has 0 unspecified atom stereocenters. The molecule has 0 spiro atoms. The summed E-state index contributed by atoms with van der Waals surface area (Å²) in [6, 6.07) is 3.80. The van der Waals surface area contributed by atoms with Gasteiger partial charge in [0.15, 0.2) is 15.7 Å². The Morgan fingerprint density at radius 1 is 1.32 bits per heavy atom. The number of para-hydroxylation sites is 1. The fourth-order valence-corrected chi connectivity index (χ4v) is 3.59. The molecule has 2 aromatic rings. The van der Waals surface area contributed by atoms with Crippen LogP contribution in [0.5, 0.6) is 0 Å². The molecule has 0 amide bonds. The molecule has 5 nitrogen and oxygen atoms in total. The predicted molar refractivity (Wildman–Crippen MR) is 84.1 cm³/mol. The minimum Gasteiger partial charge on any atom is -0.335 e. The van der Waals surface area contributed by atoms with Gasteiger partial charge in [0, 0.05) is 0 Å². The van der Waals surface area contributed by atoms with Crippen molar-refractivity contribution in [3.63, 3.8) is 0 Å². The molecule has 0 aliphatic rings. The Hall–Kier alpha value is -1.44. The van der Waals surface area contributed by atoms with Crippen molar-refractivity contribution in [3.05, 3.63) is 40.5 Å². The van der Waals surface area contributed by atoms with E-state index in [1.807, 2.05) is 0 Å². The third-order valence-electron chi connectivity index (χ3n) is 2.74. The Morgan fingerprint density at radius 2 is 2.05 bits per heavy atom. The van der Waals surface area contributed by atoms with E-state index in [1.54, 1.807) is 6.92 Å². The van der Waals surface area contributed by atoms with Gasteiger partial charge in [-0.2, -0.15) is 4.98 Å². The summed E-state index contributed by atoms with van der Waals surface area (Å²) in [7, 11) is -3.63. The van der Waals surface area contributed by atoms with Crippen molar-refractivity contribution in [3.8, 4) is 0 Å². The SMILES string of the molecule is CCCS(=O)(=O)c1cccc(F)c1Nc1nc(Cl)ncc1Cl. The fraction of sp³-hybridized carbons (Fsp3) is 0.231. The van der Waals surface area contributed by atoms with Gasteiger partial charge in [0.2, 0.25) is 5.28 Å². The normalized spacial score (nSPS) is 11.5.